The van der Waals surface area contributed by atoms with E-state index in [0.29, 0.717) is 13.0 Å². The third kappa shape index (κ3) is 3.78. The summed E-state index contributed by atoms with van der Waals surface area (Å²) in [6, 6.07) is 3.30. The van der Waals surface area contributed by atoms with Crippen LogP contribution in [0.25, 0.3) is 0 Å². The maximum atomic E-state index is 13.1. The van der Waals surface area contributed by atoms with Crippen LogP contribution in [0.15, 0.2) is 18.2 Å². The summed E-state index contributed by atoms with van der Waals surface area (Å²) in [5.74, 6) is -1.27. The number of thiazole rings is 1. The highest BCUT2D eigenvalue weighted by molar-refractivity contribution is 7.11. The highest BCUT2D eigenvalue weighted by Crippen LogP contribution is 2.19. The fourth-order valence-corrected chi connectivity index (χ4v) is 3.01. The first kappa shape index (κ1) is 15.4. The van der Waals surface area contributed by atoms with Gasteiger partial charge in [0.15, 0.2) is 0 Å². The predicted octanol–water partition coefficient (Wildman–Crippen LogP) is 2.83. The Balaban J connectivity index is 1.93. The molecule has 0 fully saturated rings. The Kier molecular flexibility index (Phi) is 4.90. The van der Waals surface area contributed by atoms with Crippen LogP contribution >= 0.6 is 11.3 Å². The SMILES string of the molecule is CCc1nc(CCNC(=O)c2cc(F)ccc2O)sc1C. The van der Waals surface area contributed by atoms with E-state index in [4.69, 9.17) is 0 Å². The minimum Gasteiger partial charge on any atom is -0.507 e. The fourth-order valence-electron chi connectivity index (χ4n) is 1.99. The van der Waals surface area contributed by atoms with E-state index in [0.717, 1.165) is 29.3 Å². The Hall–Kier alpha value is -1.95. The van der Waals surface area contributed by atoms with Crippen molar-refractivity contribution in [1.29, 1.82) is 0 Å². The maximum Gasteiger partial charge on any atom is 0.255 e. The second kappa shape index (κ2) is 6.67. The Morgan fingerprint density at radius 3 is 2.90 bits per heavy atom. The van der Waals surface area contributed by atoms with Gasteiger partial charge in [-0.2, -0.15) is 0 Å². The topological polar surface area (TPSA) is 62.2 Å². The standard InChI is InChI=1S/C15H17FN2O2S/c1-3-12-9(2)21-14(18-12)6-7-17-15(20)11-8-10(16)4-5-13(11)19/h4-5,8,19H,3,6-7H2,1-2H3,(H,17,20). The van der Waals surface area contributed by atoms with Gasteiger partial charge in [-0.1, -0.05) is 6.92 Å². The summed E-state index contributed by atoms with van der Waals surface area (Å²) >= 11 is 1.62. The van der Waals surface area contributed by atoms with Crippen LogP contribution in [0.1, 0.15) is 32.9 Å². The number of hydrogen-bond donors (Lipinski definition) is 2. The van der Waals surface area contributed by atoms with Gasteiger partial charge in [0.25, 0.3) is 5.91 Å². The average Bonchev–Trinajstić information content (AvgIpc) is 2.81. The number of aryl methyl sites for hydroxylation is 2. The lowest BCUT2D eigenvalue weighted by Gasteiger charge is -2.06. The molecule has 0 radical (unpaired) electrons. The van der Waals surface area contributed by atoms with E-state index in [1.165, 1.54) is 10.9 Å². The molecule has 1 amide bonds. The number of rotatable bonds is 5. The summed E-state index contributed by atoms with van der Waals surface area (Å²) in [5, 5.41) is 13.2. The second-order valence-corrected chi connectivity index (χ2v) is 5.92. The van der Waals surface area contributed by atoms with Crippen molar-refractivity contribution in [3.63, 3.8) is 0 Å². The maximum absolute atomic E-state index is 13.1. The largest absolute Gasteiger partial charge is 0.507 e. The molecule has 6 heteroatoms. The highest BCUT2D eigenvalue weighted by atomic mass is 32.1. The van der Waals surface area contributed by atoms with Crippen molar-refractivity contribution in [2.75, 3.05) is 6.54 Å². The predicted molar refractivity (Wildman–Crippen MR) is 80.3 cm³/mol. The average molecular weight is 308 g/mol. The number of hydrogen-bond acceptors (Lipinski definition) is 4. The molecule has 1 aromatic heterocycles. The number of aromatic hydroxyl groups is 1. The van der Waals surface area contributed by atoms with Crippen molar-refractivity contribution in [3.05, 3.63) is 45.2 Å². The van der Waals surface area contributed by atoms with E-state index in [1.807, 2.05) is 6.92 Å². The molecule has 1 heterocycles. The minimum absolute atomic E-state index is 0.0560. The van der Waals surface area contributed by atoms with E-state index in [2.05, 4.69) is 17.2 Å². The van der Waals surface area contributed by atoms with Gasteiger partial charge in [-0.3, -0.25) is 4.79 Å². The molecule has 21 heavy (non-hydrogen) atoms. The van der Waals surface area contributed by atoms with E-state index < -0.39 is 11.7 Å². The molecule has 0 atom stereocenters. The van der Waals surface area contributed by atoms with Crippen LogP contribution < -0.4 is 5.32 Å². The molecule has 0 aliphatic rings. The molecule has 4 nitrogen and oxygen atoms in total. The number of carbonyl (C=O) groups is 1. The van der Waals surface area contributed by atoms with Crippen molar-refractivity contribution in [1.82, 2.24) is 10.3 Å². The molecule has 0 saturated heterocycles. The number of amides is 1. The third-order valence-electron chi connectivity index (χ3n) is 3.10. The van der Waals surface area contributed by atoms with Crippen molar-refractivity contribution in [2.45, 2.75) is 26.7 Å². The van der Waals surface area contributed by atoms with Crippen LogP contribution in [0.5, 0.6) is 5.75 Å². The molecule has 0 saturated carbocycles. The van der Waals surface area contributed by atoms with Gasteiger partial charge >= 0.3 is 0 Å². The first-order chi connectivity index (χ1) is 10.0. The molecule has 0 aliphatic carbocycles. The lowest BCUT2D eigenvalue weighted by atomic mass is 10.2. The van der Waals surface area contributed by atoms with E-state index in [9.17, 15) is 14.3 Å². The number of phenols is 1. The lowest BCUT2D eigenvalue weighted by molar-refractivity contribution is 0.0951. The molecule has 0 unspecified atom stereocenters. The van der Waals surface area contributed by atoms with E-state index >= 15 is 0 Å². The van der Waals surface area contributed by atoms with Gasteiger partial charge in [0.2, 0.25) is 0 Å². The number of nitrogens with one attached hydrogen (secondary N) is 1. The van der Waals surface area contributed by atoms with E-state index in [-0.39, 0.29) is 11.3 Å². The lowest BCUT2D eigenvalue weighted by Crippen LogP contribution is -2.25. The summed E-state index contributed by atoms with van der Waals surface area (Å²) in [7, 11) is 0. The van der Waals surface area contributed by atoms with Crippen LogP contribution in [0.2, 0.25) is 0 Å². The summed E-state index contributed by atoms with van der Waals surface area (Å²) < 4.78 is 13.1. The van der Waals surface area contributed by atoms with Crippen LogP contribution in [0, 0.1) is 12.7 Å². The van der Waals surface area contributed by atoms with Gasteiger partial charge in [-0.05, 0) is 31.5 Å². The monoisotopic (exact) mass is 308 g/mol. The molecule has 112 valence electrons. The van der Waals surface area contributed by atoms with Crippen molar-refractivity contribution >= 4 is 17.2 Å². The van der Waals surface area contributed by atoms with E-state index in [1.54, 1.807) is 11.3 Å². The third-order valence-corrected chi connectivity index (χ3v) is 4.17. The Morgan fingerprint density at radius 2 is 2.24 bits per heavy atom. The number of phenolic OH excluding ortho intramolecular Hbond substituents is 1. The van der Waals surface area contributed by atoms with Crippen LogP contribution in [-0.4, -0.2) is 22.5 Å². The quantitative estimate of drug-likeness (QED) is 0.893. The molecule has 0 spiro atoms. The van der Waals surface area contributed by atoms with Gasteiger partial charge in [0, 0.05) is 17.8 Å². The Labute approximate surface area is 126 Å². The molecule has 0 aliphatic heterocycles. The summed E-state index contributed by atoms with van der Waals surface area (Å²) in [5.41, 5.74) is 1.03. The number of aromatic nitrogens is 1. The van der Waals surface area contributed by atoms with Gasteiger partial charge in [-0.25, -0.2) is 9.37 Å². The number of halogens is 1. The zero-order chi connectivity index (χ0) is 15.4. The van der Waals surface area contributed by atoms with Crippen molar-refractivity contribution in [3.8, 4) is 5.75 Å². The summed E-state index contributed by atoms with van der Waals surface area (Å²) in [6.07, 6.45) is 1.51. The van der Waals surface area contributed by atoms with Gasteiger partial charge in [0.1, 0.15) is 11.6 Å². The molecule has 0 bridgehead atoms. The van der Waals surface area contributed by atoms with Gasteiger partial charge < -0.3 is 10.4 Å². The zero-order valence-corrected chi connectivity index (χ0v) is 12.8. The smallest absolute Gasteiger partial charge is 0.255 e. The minimum atomic E-state index is -0.555. The van der Waals surface area contributed by atoms with Crippen LogP contribution in [0.4, 0.5) is 4.39 Å². The molecule has 2 aromatic rings. The molecule has 2 N–H and O–H groups in total. The molecular formula is C15H17FN2O2S. The number of carbonyl (C=O) groups excluding carboxylic acids is 1. The van der Waals surface area contributed by atoms with Crippen LogP contribution in [0.3, 0.4) is 0 Å². The van der Waals surface area contributed by atoms with Gasteiger partial charge in [-0.15, -0.1) is 11.3 Å². The second-order valence-electron chi connectivity index (χ2n) is 4.63. The summed E-state index contributed by atoms with van der Waals surface area (Å²) in [6.45, 7) is 4.48. The number of nitrogens with zero attached hydrogens (tertiary/aromatic N) is 1. The van der Waals surface area contributed by atoms with Crippen molar-refractivity contribution < 1.29 is 14.3 Å². The normalized spacial score (nSPS) is 10.6. The van der Waals surface area contributed by atoms with Crippen LogP contribution in [-0.2, 0) is 12.8 Å². The molecular weight excluding hydrogens is 291 g/mol. The molecule has 1 aromatic carbocycles. The number of benzene rings is 1. The fraction of sp³-hybridized carbons (Fsp3) is 0.333. The molecule has 2 rings (SSSR count). The summed E-state index contributed by atoms with van der Waals surface area (Å²) in [4.78, 5) is 17.6. The Bertz CT molecular complexity index is 655. The first-order valence-electron chi connectivity index (χ1n) is 6.73. The van der Waals surface area contributed by atoms with Gasteiger partial charge in [0.05, 0.1) is 16.3 Å². The zero-order valence-electron chi connectivity index (χ0n) is 11.9. The van der Waals surface area contributed by atoms with Crippen molar-refractivity contribution in [2.24, 2.45) is 0 Å². The Morgan fingerprint density at radius 1 is 1.48 bits per heavy atom. The first-order valence-corrected chi connectivity index (χ1v) is 7.54. The highest BCUT2D eigenvalue weighted by Gasteiger charge is 2.12.